The van der Waals surface area contributed by atoms with Crippen molar-refractivity contribution < 1.29 is 17.9 Å². The van der Waals surface area contributed by atoms with Gasteiger partial charge in [0.2, 0.25) is 15.9 Å². The standard InChI is InChI=1S/C22H24N4O5S2/c1-15-3-5-17(13-20(15)33(29,30)25-9-11-31-12-10-25)23-21(27)14-26-22(28)8-6-18(24-26)19-7-4-16(2)32-19/h3-8,13H,9-12,14H2,1-2H3,(H,23,27). The van der Waals surface area contributed by atoms with Crippen LogP contribution in [0, 0.1) is 13.8 Å². The molecule has 0 spiro atoms. The quantitative estimate of drug-likeness (QED) is 0.570. The summed E-state index contributed by atoms with van der Waals surface area (Å²) in [5, 5.41) is 6.99. The van der Waals surface area contributed by atoms with Crippen molar-refractivity contribution in [3.8, 4) is 10.6 Å². The number of sulfonamides is 1. The van der Waals surface area contributed by atoms with Gasteiger partial charge in [0, 0.05) is 29.7 Å². The zero-order valence-electron chi connectivity index (χ0n) is 18.3. The zero-order chi connectivity index (χ0) is 23.6. The average Bonchev–Trinajstić information content (AvgIpc) is 3.23. The summed E-state index contributed by atoms with van der Waals surface area (Å²) in [6.07, 6.45) is 0. The summed E-state index contributed by atoms with van der Waals surface area (Å²) in [6.45, 7) is 4.66. The number of amides is 1. The number of nitrogens with zero attached hydrogens (tertiary/aromatic N) is 3. The molecule has 4 rings (SSSR count). The fourth-order valence-electron chi connectivity index (χ4n) is 3.48. The second kappa shape index (κ2) is 9.56. The first-order valence-electron chi connectivity index (χ1n) is 10.4. The molecule has 11 heteroatoms. The van der Waals surface area contributed by atoms with Crippen molar-refractivity contribution in [2.75, 3.05) is 31.6 Å². The third-order valence-electron chi connectivity index (χ3n) is 5.21. The minimum absolute atomic E-state index is 0.132. The maximum atomic E-state index is 13.1. The van der Waals surface area contributed by atoms with Gasteiger partial charge in [-0.2, -0.15) is 9.40 Å². The molecule has 1 aliphatic rings. The van der Waals surface area contributed by atoms with Crippen LogP contribution in [0.25, 0.3) is 10.6 Å². The van der Waals surface area contributed by atoms with E-state index in [9.17, 15) is 18.0 Å². The van der Waals surface area contributed by atoms with Gasteiger partial charge in [0.15, 0.2) is 0 Å². The Morgan fingerprint density at radius 3 is 2.58 bits per heavy atom. The molecular weight excluding hydrogens is 464 g/mol. The Labute approximate surface area is 195 Å². The van der Waals surface area contributed by atoms with Crippen LogP contribution < -0.4 is 10.9 Å². The number of hydrogen-bond acceptors (Lipinski definition) is 7. The maximum Gasteiger partial charge on any atom is 0.267 e. The van der Waals surface area contributed by atoms with Gasteiger partial charge in [-0.25, -0.2) is 13.1 Å². The minimum atomic E-state index is -3.72. The minimum Gasteiger partial charge on any atom is -0.379 e. The van der Waals surface area contributed by atoms with Gasteiger partial charge in [0.25, 0.3) is 5.56 Å². The topological polar surface area (TPSA) is 111 Å². The van der Waals surface area contributed by atoms with Gasteiger partial charge < -0.3 is 10.1 Å². The molecule has 2 aromatic heterocycles. The molecule has 0 bridgehead atoms. The lowest BCUT2D eigenvalue weighted by Crippen LogP contribution is -2.40. The fourth-order valence-corrected chi connectivity index (χ4v) is 5.98. The van der Waals surface area contributed by atoms with Crippen LogP contribution in [0.2, 0.25) is 0 Å². The van der Waals surface area contributed by atoms with Gasteiger partial charge >= 0.3 is 0 Å². The number of hydrogen-bond donors (Lipinski definition) is 1. The van der Waals surface area contributed by atoms with E-state index < -0.39 is 21.5 Å². The Kier molecular flexibility index (Phi) is 6.75. The van der Waals surface area contributed by atoms with E-state index in [2.05, 4.69) is 10.4 Å². The molecule has 0 atom stereocenters. The number of carbonyl (C=O) groups is 1. The summed E-state index contributed by atoms with van der Waals surface area (Å²) in [4.78, 5) is 27.0. The number of aryl methyl sites for hydroxylation is 2. The predicted molar refractivity (Wildman–Crippen MR) is 126 cm³/mol. The molecule has 1 aromatic carbocycles. The molecule has 3 heterocycles. The number of benzene rings is 1. The smallest absolute Gasteiger partial charge is 0.267 e. The molecule has 0 radical (unpaired) electrons. The number of thiophene rings is 1. The number of ether oxygens (including phenoxy) is 1. The molecule has 1 fully saturated rings. The van der Waals surface area contributed by atoms with Gasteiger partial charge in [-0.15, -0.1) is 11.3 Å². The summed E-state index contributed by atoms with van der Waals surface area (Å²) in [5.74, 6) is -0.484. The van der Waals surface area contributed by atoms with Crippen LogP contribution in [-0.4, -0.2) is 54.7 Å². The van der Waals surface area contributed by atoms with Crippen LogP contribution in [0.4, 0.5) is 5.69 Å². The molecule has 174 valence electrons. The Bertz CT molecular complexity index is 1340. The Morgan fingerprint density at radius 2 is 1.88 bits per heavy atom. The molecule has 1 aliphatic heterocycles. The molecule has 0 aliphatic carbocycles. The number of nitrogens with one attached hydrogen (secondary N) is 1. The van der Waals surface area contributed by atoms with Crippen LogP contribution in [-0.2, 0) is 26.1 Å². The summed E-state index contributed by atoms with van der Waals surface area (Å²) < 4.78 is 33.8. The highest BCUT2D eigenvalue weighted by Gasteiger charge is 2.28. The van der Waals surface area contributed by atoms with E-state index in [0.29, 0.717) is 30.2 Å². The van der Waals surface area contributed by atoms with Crippen molar-refractivity contribution in [1.82, 2.24) is 14.1 Å². The number of morpholine rings is 1. The zero-order valence-corrected chi connectivity index (χ0v) is 19.9. The van der Waals surface area contributed by atoms with Crippen LogP contribution in [0.5, 0.6) is 0 Å². The molecule has 1 amide bonds. The van der Waals surface area contributed by atoms with Gasteiger partial charge in [0.1, 0.15) is 12.2 Å². The number of carbonyl (C=O) groups excluding carboxylic acids is 1. The molecule has 0 unspecified atom stereocenters. The fraction of sp³-hybridized carbons (Fsp3) is 0.318. The number of rotatable bonds is 6. The lowest BCUT2D eigenvalue weighted by atomic mass is 10.2. The largest absolute Gasteiger partial charge is 0.379 e. The molecule has 0 saturated carbocycles. The highest BCUT2D eigenvalue weighted by Crippen LogP contribution is 2.26. The molecule has 1 N–H and O–H groups in total. The van der Waals surface area contributed by atoms with Crippen LogP contribution >= 0.6 is 11.3 Å². The molecular formula is C22H24N4O5S2. The maximum absolute atomic E-state index is 13.1. The van der Waals surface area contributed by atoms with E-state index in [0.717, 1.165) is 14.4 Å². The predicted octanol–water partition coefficient (Wildman–Crippen LogP) is 2.25. The Morgan fingerprint density at radius 1 is 1.12 bits per heavy atom. The Hall–Kier alpha value is -2.86. The van der Waals surface area contributed by atoms with Gasteiger partial charge in [-0.05, 0) is 49.7 Å². The SMILES string of the molecule is Cc1ccc(-c2ccc(=O)n(CC(=O)Nc3ccc(C)c(S(=O)(=O)N4CCOCC4)c3)n2)s1. The van der Waals surface area contributed by atoms with Crippen molar-refractivity contribution in [2.45, 2.75) is 25.3 Å². The van der Waals surface area contributed by atoms with Crippen LogP contribution in [0.1, 0.15) is 10.4 Å². The van der Waals surface area contributed by atoms with E-state index in [4.69, 9.17) is 4.74 Å². The lowest BCUT2D eigenvalue weighted by molar-refractivity contribution is -0.117. The van der Waals surface area contributed by atoms with Crippen molar-refractivity contribution in [2.24, 2.45) is 0 Å². The number of anilines is 1. The molecule has 1 saturated heterocycles. The second-order valence-electron chi connectivity index (χ2n) is 7.67. The van der Waals surface area contributed by atoms with Crippen molar-refractivity contribution in [3.05, 3.63) is 63.3 Å². The van der Waals surface area contributed by atoms with Crippen LogP contribution in [0.15, 0.2) is 52.2 Å². The third kappa shape index (κ3) is 5.22. The average molecular weight is 489 g/mol. The van der Waals surface area contributed by atoms with E-state index in [1.54, 1.807) is 36.5 Å². The first-order valence-corrected chi connectivity index (χ1v) is 12.6. The summed E-state index contributed by atoms with van der Waals surface area (Å²) in [6, 6.07) is 11.6. The Balaban J connectivity index is 1.53. The van der Waals surface area contributed by atoms with Gasteiger partial charge in [-0.3, -0.25) is 9.59 Å². The van der Waals surface area contributed by atoms with Gasteiger partial charge in [0.05, 0.1) is 23.0 Å². The highest BCUT2D eigenvalue weighted by molar-refractivity contribution is 7.89. The van der Waals surface area contributed by atoms with E-state index in [1.165, 1.54) is 16.4 Å². The summed E-state index contributed by atoms with van der Waals surface area (Å²) in [5.41, 5.74) is 1.11. The van der Waals surface area contributed by atoms with Crippen molar-refractivity contribution in [1.29, 1.82) is 0 Å². The van der Waals surface area contributed by atoms with Gasteiger partial charge in [-0.1, -0.05) is 6.07 Å². The highest BCUT2D eigenvalue weighted by atomic mass is 32.2. The summed E-state index contributed by atoms with van der Waals surface area (Å²) >= 11 is 1.55. The molecule has 33 heavy (non-hydrogen) atoms. The normalized spacial score (nSPS) is 14.8. The monoisotopic (exact) mass is 488 g/mol. The van der Waals surface area contributed by atoms with Crippen LogP contribution in [0.3, 0.4) is 0 Å². The lowest BCUT2D eigenvalue weighted by Gasteiger charge is -2.26. The number of aromatic nitrogens is 2. The second-order valence-corrected chi connectivity index (χ2v) is 10.9. The van der Waals surface area contributed by atoms with E-state index in [-0.39, 0.29) is 24.5 Å². The molecule has 3 aromatic rings. The van der Waals surface area contributed by atoms with Crippen molar-refractivity contribution in [3.63, 3.8) is 0 Å². The molecule has 9 nitrogen and oxygen atoms in total. The first-order chi connectivity index (χ1) is 15.7. The van der Waals surface area contributed by atoms with Crippen molar-refractivity contribution >= 4 is 33.0 Å². The van der Waals surface area contributed by atoms with E-state index >= 15 is 0 Å². The van der Waals surface area contributed by atoms with E-state index in [1.807, 2.05) is 19.1 Å². The first kappa shape index (κ1) is 23.3. The summed E-state index contributed by atoms with van der Waals surface area (Å²) in [7, 11) is -3.72. The third-order valence-corrected chi connectivity index (χ3v) is 8.28.